The predicted molar refractivity (Wildman–Crippen MR) is 84.8 cm³/mol. The van der Waals surface area contributed by atoms with Crippen LogP contribution in [0.5, 0.6) is 0 Å². The van der Waals surface area contributed by atoms with E-state index < -0.39 is 15.6 Å². The van der Waals surface area contributed by atoms with Gasteiger partial charge in [0.2, 0.25) is 10.0 Å². The highest BCUT2D eigenvalue weighted by molar-refractivity contribution is 7.89. The van der Waals surface area contributed by atoms with E-state index in [2.05, 4.69) is 18.6 Å². The molecule has 0 radical (unpaired) electrons. The molecule has 4 nitrogen and oxygen atoms in total. The highest BCUT2D eigenvalue weighted by atomic mass is 32.2. The number of aldehydes is 1. The number of rotatable bonds is 5. The molecule has 0 unspecified atom stereocenters. The minimum Gasteiger partial charge on any atom is -0.303 e. The Morgan fingerprint density at radius 3 is 2.50 bits per heavy atom. The van der Waals surface area contributed by atoms with Crippen molar-refractivity contribution >= 4 is 16.3 Å². The molecule has 1 aromatic rings. The minimum atomic E-state index is -3.57. The number of hydrogen-bond acceptors (Lipinski definition) is 3. The predicted octanol–water partition coefficient (Wildman–Crippen LogP) is 2.75. The van der Waals surface area contributed by atoms with E-state index >= 15 is 0 Å². The Labute approximate surface area is 132 Å². The van der Waals surface area contributed by atoms with Crippen molar-refractivity contribution in [3.05, 3.63) is 30.3 Å². The van der Waals surface area contributed by atoms with Gasteiger partial charge in [0.05, 0.1) is 4.90 Å². The molecule has 1 aromatic carbocycles. The number of carbonyl (C=O) groups is 1. The maximum absolute atomic E-state index is 12.8. The van der Waals surface area contributed by atoms with Crippen LogP contribution < -0.4 is 4.72 Å². The molecule has 3 aliphatic rings. The van der Waals surface area contributed by atoms with Crippen LogP contribution >= 0.6 is 0 Å². The van der Waals surface area contributed by atoms with Gasteiger partial charge in [-0.15, -0.1) is 0 Å². The molecule has 0 spiro atoms. The van der Waals surface area contributed by atoms with Crippen LogP contribution in [-0.2, 0) is 14.8 Å². The third-order valence-corrected chi connectivity index (χ3v) is 7.58. The van der Waals surface area contributed by atoms with Crippen LogP contribution in [0.15, 0.2) is 35.2 Å². The van der Waals surface area contributed by atoms with Crippen LogP contribution in [0.1, 0.15) is 39.5 Å². The molecule has 0 aromatic heterocycles. The molecule has 1 N–H and O–H groups in total. The monoisotopic (exact) mass is 321 g/mol. The van der Waals surface area contributed by atoms with E-state index in [1.165, 1.54) is 0 Å². The zero-order valence-electron chi connectivity index (χ0n) is 13.1. The normalized spacial score (nSPS) is 33.0. The van der Waals surface area contributed by atoms with E-state index in [-0.39, 0.29) is 11.3 Å². The number of benzene rings is 1. The summed E-state index contributed by atoms with van der Waals surface area (Å²) in [4.78, 5) is 11.3. The lowest BCUT2D eigenvalue weighted by molar-refractivity contribution is -0.144. The van der Waals surface area contributed by atoms with Crippen molar-refractivity contribution in [1.29, 1.82) is 0 Å². The molecule has 3 fully saturated rings. The lowest BCUT2D eigenvalue weighted by Crippen LogP contribution is -2.75. The summed E-state index contributed by atoms with van der Waals surface area (Å²) < 4.78 is 28.5. The zero-order chi connectivity index (χ0) is 16.0. The second-order valence-electron chi connectivity index (χ2n) is 7.19. The van der Waals surface area contributed by atoms with E-state index in [1.807, 2.05) is 0 Å². The lowest BCUT2D eigenvalue weighted by atomic mass is 9.41. The number of sulfonamides is 1. The molecule has 22 heavy (non-hydrogen) atoms. The van der Waals surface area contributed by atoms with Crippen molar-refractivity contribution in [1.82, 2.24) is 4.72 Å². The largest absolute Gasteiger partial charge is 0.303 e. The molecule has 0 aliphatic heterocycles. The lowest BCUT2D eigenvalue weighted by Gasteiger charge is -2.68. The van der Waals surface area contributed by atoms with Gasteiger partial charge in [-0.25, -0.2) is 13.1 Å². The van der Waals surface area contributed by atoms with Crippen molar-refractivity contribution in [2.45, 2.75) is 50.0 Å². The Bertz CT molecular complexity index is 668. The summed E-state index contributed by atoms with van der Waals surface area (Å²) >= 11 is 0. The van der Waals surface area contributed by atoms with Gasteiger partial charge in [-0.05, 0) is 48.6 Å². The summed E-state index contributed by atoms with van der Waals surface area (Å²) in [6.45, 7) is 4.26. The molecular weight excluding hydrogens is 298 g/mol. The summed E-state index contributed by atoms with van der Waals surface area (Å²) in [5.41, 5.74) is -0.605. The third-order valence-electron chi connectivity index (χ3n) is 6.05. The second-order valence-corrected chi connectivity index (χ2v) is 8.87. The molecule has 4 rings (SSSR count). The highest BCUT2D eigenvalue weighted by Gasteiger charge is 2.66. The van der Waals surface area contributed by atoms with Crippen LogP contribution in [0.2, 0.25) is 0 Å². The number of nitrogens with one attached hydrogen (secondary N) is 1. The average molecular weight is 321 g/mol. The summed E-state index contributed by atoms with van der Waals surface area (Å²) in [5, 5.41) is 0. The summed E-state index contributed by atoms with van der Waals surface area (Å²) in [6, 6.07) is 8.48. The van der Waals surface area contributed by atoms with Gasteiger partial charge >= 0.3 is 0 Å². The molecule has 120 valence electrons. The van der Waals surface area contributed by atoms with Crippen molar-refractivity contribution in [3.8, 4) is 0 Å². The molecule has 5 heteroatoms. The van der Waals surface area contributed by atoms with Gasteiger partial charge in [0.25, 0.3) is 0 Å². The summed E-state index contributed by atoms with van der Waals surface area (Å²) in [6.07, 6.45) is 4.19. The Balaban J connectivity index is 1.96. The first kappa shape index (κ1) is 15.7. The Hall–Kier alpha value is -1.20. The third kappa shape index (κ3) is 2.14. The first-order chi connectivity index (χ1) is 10.3. The van der Waals surface area contributed by atoms with Crippen LogP contribution in [-0.4, -0.2) is 20.2 Å². The van der Waals surface area contributed by atoms with Gasteiger partial charge in [0.15, 0.2) is 0 Å². The molecule has 3 atom stereocenters. The summed E-state index contributed by atoms with van der Waals surface area (Å²) in [5.74, 6) is 0.623. The number of carbonyl (C=O) groups excluding carboxylic acids is 1. The van der Waals surface area contributed by atoms with Gasteiger partial charge in [-0.2, -0.15) is 0 Å². The molecule has 3 saturated carbocycles. The molecule has 2 bridgehead atoms. The van der Waals surface area contributed by atoms with Gasteiger partial charge < -0.3 is 4.79 Å². The molecule has 3 aliphatic carbocycles. The molecule has 0 saturated heterocycles. The average Bonchev–Trinajstić information content (AvgIpc) is 2.49. The maximum atomic E-state index is 12.8. The SMILES string of the molecule is CC1(C)[C@@H]2CC[C@@H](CC=O)[C@@]1(NS(=O)(=O)c1ccccc1)C2. The van der Waals surface area contributed by atoms with Crippen LogP contribution in [0.4, 0.5) is 0 Å². The fraction of sp³-hybridized carbons (Fsp3) is 0.588. The minimum absolute atomic E-state index is 0.0866. The fourth-order valence-corrected chi connectivity index (χ4v) is 6.16. The standard InChI is InChI=1S/C17H23NO3S/c1-16(2)14-9-8-13(10-11-19)17(16,12-14)18-22(20,21)15-6-4-3-5-7-15/h3-7,11,13-14,18H,8-10,12H2,1-2H3/t13-,14+,17-/m0/s1. The molecule has 0 heterocycles. The fourth-order valence-electron chi connectivity index (χ4n) is 4.53. The summed E-state index contributed by atoms with van der Waals surface area (Å²) in [7, 11) is -3.57. The Kier molecular flexibility index (Phi) is 3.68. The van der Waals surface area contributed by atoms with E-state index in [1.54, 1.807) is 30.3 Å². The van der Waals surface area contributed by atoms with Crippen LogP contribution in [0.3, 0.4) is 0 Å². The second kappa shape index (κ2) is 5.17. The van der Waals surface area contributed by atoms with Gasteiger partial charge in [0.1, 0.15) is 6.29 Å². The maximum Gasteiger partial charge on any atom is 0.241 e. The zero-order valence-corrected chi connectivity index (χ0v) is 13.9. The first-order valence-corrected chi connectivity index (χ1v) is 9.34. The van der Waals surface area contributed by atoms with E-state index in [0.717, 1.165) is 25.5 Å². The van der Waals surface area contributed by atoms with Gasteiger partial charge in [-0.1, -0.05) is 32.0 Å². The number of hydrogen-bond donors (Lipinski definition) is 1. The van der Waals surface area contributed by atoms with Crippen molar-refractivity contribution in [2.24, 2.45) is 17.3 Å². The van der Waals surface area contributed by atoms with E-state index in [0.29, 0.717) is 17.2 Å². The van der Waals surface area contributed by atoms with E-state index in [4.69, 9.17) is 0 Å². The van der Waals surface area contributed by atoms with Gasteiger partial charge in [0, 0.05) is 12.0 Å². The number of fused-ring (bicyclic) bond motifs is 2. The van der Waals surface area contributed by atoms with Crippen LogP contribution in [0.25, 0.3) is 0 Å². The van der Waals surface area contributed by atoms with Crippen molar-refractivity contribution < 1.29 is 13.2 Å². The quantitative estimate of drug-likeness (QED) is 0.848. The van der Waals surface area contributed by atoms with E-state index in [9.17, 15) is 13.2 Å². The van der Waals surface area contributed by atoms with Gasteiger partial charge in [-0.3, -0.25) is 0 Å². The van der Waals surface area contributed by atoms with Crippen LogP contribution in [0, 0.1) is 17.3 Å². The Morgan fingerprint density at radius 1 is 1.23 bits per heavy atom. The Morgan fingerprint density at radius 2 is 1.91 bits per heavy atom. The van der Waals surface area contributed by atoms with Crippen molar-refractivity contribution in [3.63, 3.8) is 0 Å². The molecular formula is C17H23NO3S. The van der Waals surface area contributed by atoms with Crippen molar-refractivity contribution in [2.75, 3.05) is 0 Å². The molecule has 0 amide bonds. The first-order valence-electron chi connectivity index (χ1n) is 7.86. The smallest absolute Gasteiger partial charge is 0.241 e. The topological polar surface area (TPSA) is 63.2 Å². The highest BCUT2D eigenvalue weighted by Crippen LogP contribution is 2.64.